The van der Waals surface area contributed by atoms with E-state index in [9.17, 15) is 9.90 Å². The number of carbonyl (C=O) groups excluding carboxylic acids is 1. The van der Waals surface area contributed by atoms with Gasteiger partial charge in [0.15, 0.2) is 0 Å². The van der Waals surface area contributed by atoms with Gasteiger partial charge in [0.05, 0.1) is 16.7 Å². The Kier molecular flexibility index (Phi) is 6.12. The molecular weight excluding hydrogens is 350 g/mol. The summed E-state index contributed by atoms with van der Waals surface area (Å²) in [6, 6.07) is 9.38. The molecule has 26 heavy (non-hydrogen) atoms. The van der Waals surface area contributed by atoms with E-state index in [2.05, 4.69) is 10.3 Å². The molecule has 6 heteroatoms. The lowest BCUT2D eigenvalue weighted by atomic mass is 10.1. The first-order chi connectivity index (χ1) is 12.5. The molecule has 1 saturated heterocycles. The van der Waals surface area contributed by atoms with Crippen molar-refractivity contribution in [2.24, 2.45) is 0 Å². The smallest absolute Gasteiger partial charge is 0.255 e. The number of piperidine rings is 1. The predicted octanol–water partition coefficient (Wildman–Crippen LogP) is 3.82. The molecule has 1 aromatic heterocycles. The van der Waals surface area contributed by atoms with Crippen molar-refractivity contribution in [1.29, 1.82) is 0 Å². The Morgan fingerprint density at radius 1 is 1.31 bits per heavy atom. The number of aliphatic hydroxyl groups is 1. The third kappa shape index (κ3) is 4.54. The molecule has 0 saturated carbocycles. The first kappa shape index (κ1) is 18.7. The highest BCUT2D eigenvalue weighted by atomic mass is 35.5. The van der Waals surface area contributed by atoms with E-state index in [1.807, 2.05) is 36.1 Å². The maximum atomic E-state index is 12.5. The second kappa shape index (κ2) is 8.52. The van der Waals surface area contributed by atoms with Crippen LogP contribution < -0.4 is 5.32 Å². The lowest BCUT2D eigenvalue weighted by Crippen LogP contribution is -2.35. The minimum absolute atomic E-state index is 0.0227. The van der Waals surface area contributed by atoms with Gasteiger partial charge in [-0.1, -0.05) is 41.4 Å². The highest BCUT2D eigenvalue weighted by molar-refractivity contribution is 6.33. The lowest BCUT2D eigenvalue weighted by molar-refractivity contribution is 0.0724. The minimum Gasteiger partial charge on any atom is -0.387 e. The van der Waals surface area contributed by atoms with Crippen LogP contribution in [0, 0.1) is 6.92 Å². The van der Waals surface area contributed by atoms with Gasteiger partial charge < -0.3 is 15.3 Å². The molecule has 1 unspecified atom stereocenters. The molecule has 0 radical (unpaired) electrons. The van der Waals surface area contributed by atoms with Crippen LogP contribution in [0.5, 0.6) is 0 Å². The molecule has 2 heterocycles. The van der Waals surface area contributed by atoms with Crippen molar-refractivity contribution in [3.63, 3.8) is 0 Å². The van der Waals surface area contributed by atoms with E-state index in [0.29, 0.717) is 16.4 Å². The topological polar surface area (TPSA) is 65.5 Å². The van der Waals surface area contributed by atoms with Gasteiger partial charge in [0.1, 0.15) is 5.82 Å². The zero-order valence-electron chi connectivity index (χ0n) is 14.9. The number of likely N-dealkylation sites (tertiary alicyclic amines) is 1. The standard InChI is InChI=1S/C20H24ClN3O2/c1-14-6-5-7-15(10-14)18(25)13-23-19-17(21)11-16(12-22-19)20(26)24-8-3-2-4-9-24/h5-7,10-12,18,25H,2-4,8-9,13H2,1H3,(H,22,23). The SMILES string of the molecule is Cc1cccc(C(O)CNc2ncc(C(=O)N3CCCCC3)cc2Cl)c1. The third-order valence-corrected chi connectivity index (χ3v) is 4.91. The van der Waals surface area contributed by atoms with Gasteiger partial charge in [-0.25, -0.2) is 4.98 Å². The fourth-order valence-electron chi connectivity index (χ4n) is 3.15. The van der Waals surface area contributed by atoms with Crippen molar-refractivity contribution in [2.75, 3.05) is 25.0 Å². The van der Waals surface area contributed by atoms with Crippen LogP contribution in [0.4, 0.5) is 5.82 Å². The van der Waals surface area contributed by atoms with Crippen LogP contribution in [0.3, 0.4) is 0 Å². The number of nitrogens with one attached hydrogen (secondary N) is 1. The monoisotopic (exact) mass is 373 g/mol. The average Bonchev–Trinajstić information content (AvgIpc) is 2.67. The summed E-state index contributed by atoms with van der Waals surface area (Å²) < 4.78 is 0. The van der Waals surface area contributed by atoms with Crippen LogP contribution in [0.1, 0.15) is 46.9 Å². The fraction of sp³-hybridized carbons (Fsp3) is 0.400. The largest absolute Gasteiger partial charge is 0.387 e. The van der Waals surface area contributed by atoms with Gasteiger partial charge >= 0.3 is 0 Å². The van der Waals surface area contributed by atoms with Crippen LogP contribution in [0.2, 0.25) is 5.02 Å². The van der Waals surface area contributed by atoms with Crippen molar-refractivity contribution in [3.8, 4) is 0 Å². The molecule has 1 aliphatic heterocycles. The number of nitrogens with zero attached hydrogens (tertiary/aromatic N) is 2. The second-order valence-corrected chi connectivity index (χ2v) is 7.13. The number of amides is 1. The van der Waals surface area contributed by atoms with Gasteiger partial charge in [0.2, 0.25) is 0 Å². The van der Waals surface area contributed by atoms with Gasteiger partial charge in [-0.15, -0.1) is 0 Å². The highest BCUT2D eigenvalue weighted by Gasteiger charge is 2.19. The third-order valence-electron chi connectivity index (χ3n) is 4.62. The summed E-state index contributed by atoms with van der Waals surface area (Å²) in [4.78, 5) is 18.6. The minimum atomic E-state index is -0.664. The molecule has 1 fully saturated rings. The van der Waals surface area contributed by atoms with Gasteiger partial charge in [0.25, 0.3) is 5.91 Å². The van der Waals surface area contributed by atoms with Gasteiger partial charge in [0, 0.05) is 25.8 Å². The Morgan fingerprint density at radius 2 is 2.08 bits per heavy atom. The number of aryl methyl sites for hydroxylation is 1. The molecule has 2 N–H and O–H groups in total. The molecule has 3 rings (SSSR count). The first-order valence-corrected chi connectivity index (χ1v) is 9.36. The highest BCUT2D eigenvalue weighted by Crippen LogP contribution is 2.23. The van der Waals surface area contributed by atoms with Gasteiger partial charge in [-0.2, -0.15) is 0 Å². The van der Waals surface area contributed by atoms with Crippen molar-refractivity contribution >= 4 is 23.3 Å². The van der Waals surface area contributed by atoms with Crippen LogP contribution in [-0.2, 0) is 0 Å². The van der Waals surface area contributed by atoms with E-state index in [1.165, 1.54) is 6.42 Å². The number of carbonyl (C=O) groups is 1. The van der Waals surface area contributed by atoms with Crippen molar-refractivity contribution in [2.45, 2.75) is 32.3 Å². The lowest BCUT2D eigenvalue weighted by Gasteiger charge is -2.26. The van der Waals surface area contributed by atoms with Crippen LogP contribution in [0.25, 0.3) is 0 Å². The molecule has 138 valence electrons. The number of pyridine rings is 1. The number of benzene rings is 1. The summed E-state index contributed by atoms with van der Waals surface area (Å²) in [5.41, 5.74) is 2.44. The molecule has 0 spiro atoms. The van der Waals surface area contributed by atoms with Gasteiger partial charge in [-0.3, -0.25) is 4.79 Å². The Balaban J connectivity index is 1.63. The molecule has 1 amide bonds. The summed E-state index contributed by atoms with van der Waals surface area (Å²) in [6.45, 7) is 3.86. The van der Waals surface area contributed by atoms with Crippen LogP contribution in [0.15, 0.2) is 36.5 Å². The number of aromatic nitrogens is 1. The first-order valence-electron chi connectivity index (χ1n) is 8.98. The Morgan fingerprint density at radius 3 is 2.77 bits per heavy atom. The molecular formula is C20H24ClN3O2. The quantitative estimate of drug-likeness (QED) is 0.836. The summed E-state index contributed by atoms with van der Waals surface area (Å²) in [5, 5.41) is 13.8. The molecule has 2 aromatic rings. The summed E-state index contributed by atoms with van der Waals surface area (Å²) in [6.07, 6.45) is 4.15. The average molecular weight is 374 g/mol. The zero-order chi connectivity index (χ0) is 18.5. The van der Waals surface area contributed by atoms with E-state index in [-0.39, 0.29) is 12.5 Å². The second-order valence-electron chi connectivity index (χ2n) is 6.72. The summed E-state index contributed by atoms with van der Waals surface area (Å²) >= 11 is 6.29. The van der Waals surface area contributed by atoms with Crippen LogP contribution >= 0.6 is 11.6 Å². The predicted molar refractivity (Wildman–Crippen MR) is 104 cm³/mol. The molecule has 1 aliphatic rings. The normalized spacial score (nSPS) is 15.6. The number of hydrogen-bond acceptors (Lipinski definition) is 4. The van der Waals surface area contributed by atoms with Crippen molar-refractivity contribution < 1.29 is 9.90 Å². The number of hydrogen-bond donors (Lipinski definition) is 2. The van der Waals surface area contributed by atoms with E-state index < -0.39 is 6.10 Å². The fourth-order valence-corrected chi connectivity index (χ4v) is 3.39. The Bertz CT molecular complexity index is 775. The van der Waals surface area contributed by atoms with Gasteiger partial charge in [-0.05, 0) is 37.8 Å². The zero-order valence-corrected chi connectivity index (χ0v) is 15.7. The molecule has 1 atom stereocenters. The number of aliphatic hydroxyl groups excluding tert-OH is 1. The van der Waals surface area contributed by atoms with Crippen LogP contribution in [-0.4, -0.2) is 40.5 Å². The van der Waals surface area contributed by atoms with E-state index >= 15 is 0 Å². The van der Waals surface area contributed by atoms with E-state index in [4.69, 9.17) is 11.6 Å². The number of rotatable bonds is 5. The van der Waals surface area contributed by atoms with E-state index in [1.54, 1.807) is 12.3 Å². The molecule has 1 aromatic carbocycles. The Labute approximate surface area is 159 Å². The molecule has 0 bridgehead atoms. The van der Waals surface area contributed by atoms with Crippen molar-refractivity contribution in [3.05, 3.63) is 58.2 Å². The summed E-state index contributed by atoms with van der Waals surface area (Å²) in [7, 11) is 0. The number of anilines is 1. The maximum absolute atomic E-state index is 12.5. The molecule has 0 aliphatic carbocycles. The van der Waals surface area contributed by atoms with Crippen molar-refractivity contribution in [1.82, 2.24) is 9.88 Å². The maximum Gasteiger partial charge on any atom is 0.255 e. The van der Waals surface area contributed by atoms with E-state index in [0.717, 1.165) is 37.1 Å². The molecule has 5 nitrogen and oxygen atoms in total. The summed E-state index contributed by atoms with van der Waals surface area (Å²) in [5.74, 6) is 0.444. The number of halogens is 1. The Hall–Kier alpha value is -2.11.